The third kappa shape index (κ3) is 4.28. The predicted molar refractivity (Wildman–Crippen MR) is 148 cm³/mol. The van der Waals surface area contributed by atoms with Crippen LogP contribution in [0.15, 0.2) is 75.6 Å². The van der Waals surface area contributed by atoms with Gasteiger partial charge >= 0.3 is 8.25 Å². The summed E-state index contributed by atoms with van der Waals surface area (Å²) in [5.74, 6) is 0.707. The molecule has 2 aliphatic rings. The van der Waals surface area contributed by atoms with E-state index in [1.54, 1.807) is 10.8 Å². The van der Waals surface area contributed by atoms with Crippen LogP contribution in [0.2, 0.25) is 0 Å². The summed E-state index contributed by atoms with van der Waals surface area (Å²) >= 11 is 1.33. The van der Waals surface area contributed by atoms with E-state index in [0.29, 0.717) is 16.9 Å². The van der Waals surface area contributed by atoms with Gasteiger partial charge in [0.25, 0.3) is 5.56 Å². The lowest BCUT2D eigenvalue weighted by molar-refractivity contribution is -0.0583. The molecule has 5 aromatic rings. The predicted octanol–water partition coefficient (Wildman–Crippen LogP) is 4.65. The summed E-state index contributed by atoms with van der Waals surface area (Å²) in [6.07, 6.45) is -2.00. The number of hydrogen-bond donors (Lipinski definition) is 2. The topological polar surface area (TPSA) is 133 Å². The molecular weight excluding hydrogens is 553 g/mol. The van der Waals surface area contributed by atoms with E-state index in [1.165, 1.54) is 21.7 Å². The molecule has 5 atom stereocenters. The minimum absolute atomic E-state index is 0.0105. The Morgan fingerprint density at radius 2 is 1.90 bits per heavy atom. The van der Waals surface area contributed by atoms with Crippen molar-refractivity contribution >= 4 is 37.0 Å². The summed E-state index contributed by atoms with van der Waals surface area (Å²) in [5.41, 5.74) is 2.85. The Morgan fingerprint density at radius 3 is 2.65 bits per heavy atom. The molecule has 0 aliphatic carbocycles. The van der Waals surface area contributed by atoms with Gasteiger partial charge in [-0.25, -0.2) is 9.38 Å². The smallest absolute Gasteiger partial charge is 0.385 e. The fourth-order valence-corrected chi connectivity index (χ4v) is 6.76. The number of fused-ring (bicyclic) bond motifs is 3. The van der Waals surface area contributed by atoms with Gasteiger partial charge in [-0.1, -0.05) is 68.1 Å². The normalized spacial score (nSPS) is 23.9. The SMILES string of the molecule is CC(C)c1ccc(Sc2nc3c(=O)n4cc(-c5ccccc5)[nH]c4nc3n2[C@@H]2OC3CO[P+](=O)O[C@H]3C2O)cc1. The number of nitrogens with zero attached hydrogens (tertiary/aromatic N) is 4. The largest absolute Gasteiger partial charge is 0.697 e. The van der Waals surface area contributed by atoms with Crippen molar-refractivity contribution in [2.45, 2.75) is 54.4 Å². The molecule has 13 heteroatoms. The Bertz CT molecular complexity index is 1800. The van der Waals surface area contributed by atoms with Crippen LogP contribution in [0.3, 0.4) is 0 Å². The van der Waals surface area contributed by atoms with Gasteiger partial charge in [0.1, 0.15) is 18.8 Å². The maximum Gasteiger partial charge on any atom is 0.697 e. The molecule has 11 nitrogen and oxygen atoms in total. The van der Waals surface area contributed by atoms with Crippen molar-refractivity contribution in [2.24, 2.45) is 0 Å². The molecule has 0 amide bonds. The number of nitrogens with one attached hydrogen (secondary N) is 1. The molecule has 40 heavy (non-hydrogen) atoms. The van der Waals surface area contributed by atoms with Crippen molar-refractivity contribution in [1.29, 1.82) is 0 Å². The van der Waals surface area contributed by atoms with Gasteiger partial charge in [0.15, 0.2) is 28.7 Å². The summed E-state index contributed by atoms with van der Waals surface area (Å²) in [6, 6.07) is 17.7. The van der Waals surface area contributed by atoms with Gasteiger partial charge in [-0.3, -0.25) is 9.36 Å². The number of hydrogen-bond acceptors (Lipinski definition) is 9. The van der Waals surface area contributed by atoms with Crippen molar-refractivity contribution in [2.75, 3.05) is 6.61 Å². The molecule has 2 N–H and O–H groups in total. The molecule has 7 rings (SSSR count). The van der Waals surface area contributed by atoms with Crippen LogP contribution in [0.1, 0.15) is 31.6 Å². The van der Waals surface area contributed by atoms with Crippen LogP contribution >= 0.6 is 20.0 Å². The van der Waals surface area contributed by atoms with Gasteiger partial charge in [0.2, 0.25) is 5.78 Å². The maximum absolute atomic E-state index is 13.7. The summed E-state index contributed by atoms with van der Waals surface area (Å²) in [7, 11) is -2.36. The van der Waals surface area contributed by atoms with Crippen LogP contribution in [0.5, 0.6) is 0 Å². The summed E-state index contributed by atoms with van der Waals surface area (Å²) < 4.78 is 31.6. The fourth-order valence-electron chi connectivity index (χ4n) is 5.06. The van der Waals surface area contributed by atoms with E-state index in [-0.39, 0.29) is 23.3 Å². The molecule has 5 heterocycles. The number of rotatable bonds is 5. The Morgan fingerprint density at radius 1 is 1.12 bits per heavy atom. The van der Waals surface area contributed by atoms with E-state index in [2.05, 4.69) is 31.0 Å². The van der Waals surface area contributed by atoms with Crippen LogP contribution in [0.25, 0.3) is 28.2 Å². The Hall–Kier alpha value is -3.38. The third-order valence-electron chi connectivity index (χ3n) is 7.18. The zero-order valence-corrected chi connectivity index (χ0v) is 23.2. The number of aromatic nitrogens is 5. The summed E-state index contributed by atoms with van der Waals surface area (Å²) in [4.78, 5) is 27.3. The van der Waals surface area contributed by atoms with Crippen LogP contribution in [-0.4, -0.2) is 53.9 Å². The Labute approximate surface area is 233 Å². The molecular formula is C27H25N5O6PS+. The van der Waals surface area contributed by atoms with Gasteiger partial charge in [0.05, 0.1) is 5.69 Å². The van der Waals surface area contributed by atoms with Gasteiger partial charge < -0.3 is 14.8 Å². The highest BCUT2D eigenvalue weighted by atomic mass is 32.2. The number of ether oxygens (including phenoxy) is 1. The van der Waals surface area contributed by atoms with E-state index < -0.39 is 32.8 Å². The van der Waals surface area contributed by atoms with Gasteiger partial charge in [-0.05, 0) is 29.2 Å². The molecule has 2 aromatic carbocycles. The zero-order valence-electron chi connectivity index (χ0n) is 21.5. The minimum atomic E-state index is -2.36. The Kier molecular flexibility index (Phi) is 6.34. The van der Waals surface area contributed by atoms with Crippen molar-refractivity contribution in [3.8, 4) is 11.3 Å². The number of imidazole rings is 2. The van der Waals surface area contributed by atoms with Crippen molar-refractivity contribution in [1.82, 2.24) is 23.9 Å². The fraction of sp³-hybridized carbons (Fsp3) is 0.296. The lowest BCUT2D eigenvalue weighted by Crippen LogP contribution is -2.37. The first-order valence-electron chi connectivity index (χ1n) is 12.8. The lowest BCUT2D eigenvalue weighted by Gasteiger charge is -2.19. The van der Waals surface area contributed by atoms with Crippen molar-refractivity contribution in [3.63, 3.8) is 0 Å². The number of benzene rings is 2. The maximum atomic E-state index is 13.7. The second kappa shape index (κ2) is 9.91. The number of aliphatic hydroxyl groups excluding tert-OH is 1. The minimum Gasteiger partial charge on any atom is -0.385 e. The van der Waals surface area contributed by atoms with E-state index in [1.807, 2.05) is 42.5 Å². The molecule has 0 saturated carbocycles. The van der Waals surface area contributed by atoms with Crippen LogP contribution in [0.4, 0.5) is 0 Å². The van der Waals surface area contributed by atoms with Crippen molar-refractivity contribution in [3.05, 3.63) is 76.7 Å². The molecule has 0 spiro atoms. The third-order valence-corrected chi connectivity index (χ3v) is 8.93. The van der Waals surface area contributed by atoms with Crippen LogP contribution < -0.4 is 5.56 Å². The summed E-state index contributed by atoms with van der Waals surface area (Å²) in [5, 5.41) is 11.7. The van der Waals surface area contributed by atoms with E-state index in [9.17, 15) is 14.5 Å². The molecule has 0 radical (unpaired) electrons. The second-order valence-corrected chi connectivity index (χ2v) is 12.0. The van der Waals surface area contributed by atoms with E-state index in [0.717, 1.165) is 16.2 Å². The lowest BCUT2D eigenvalue weighted by atomic mass is 10.0. The van der Waals surface area contributed by atoms with Gasteiger partial charge in [-0.15, -0.1) is 9.05 Å². The average molecular weight is 579 g/mol. The number of aliphatic hydroxyl groups is 1. The van der Waals surface area contributed by atoms with E-state index >= 15 is 0 Å². The molecule has 2 fully saturated rings. The Balaban J connectivity index is 1.38. The molecule has 204 valence electrons. The first kappa shape index (κ1) is 25.6. The van der Waals surface area contributed by atoms with Crippen LogP contribution in [-0.2, 0) is 18.3 Å². The number of H-pyrrole nitrogens is 1. The number of aromatic amines is 1. The first-order valence-corrected chi connectivity index (χ1v) is 14.8. The average Bonchev–Trinajstić information content (AvgIpc) is 3.64. The standard InChI is InChI=1S/C27H24N5O6PS/c1-14(2)15-8-10-17(11-9-15)40-27-29-20-23(32(27)25-21(33)22-19(37-25)13-36-39(35)38-22)30-26-28-18(12-31(26)24(20)34)16-6-4-3-5-7-16/h3-12,14,19,21-22,25,33H,13H2,1-2H3/p+1/t19?,21?,22-,25-/m1/s1. The molecule has 2 aliphatic heterocycles. The zero-order chi connectivity index (χ0) is 27.5. The van der Waals surface area contributed by atoms with Crippen LogP contribution in [0, 0.1) is 0 Å². The monoisotopic (exact) mass is 578 g/mol. The summed E-state index contributed by atoms with van der Waals surface area (Å²) in [6.45, 7) is 4.27. The molecule has 3 aromatic heterocycles. The molecule has 3 unspecified atom stereocenters. The first-order chi connectivity index (χ1) is 19.4. The quantitative estimate of drug-likeness (QED) is 0.286. The highest BCUT2D eigenvalue weighted by molar-refractivity contribution is 7.99. The molecule has 0 bridgehead atoms. The van der Waals surface area contributed by atoms with Gasteiger partial charge in [0, 0.05) is 15.7 Å². The van der Waals surface area contributed by atoms with Crippen molar-refractivity contribution < 1.29 is 23.5 Å². The highest BCUT2D eigenvalue weighted by Crippen LogP contribution is 2.44. The highest BCUT2D eigenvalue weighted by Gasteiger charge is 2.55. The second-order valence-electron chi connectivity index (χ2n) is 10.1. The van der Waals surface area contributed by atoms with E-state index in [4.69, 9.17) is 23.8 Å². The molecule has 2 saturated heterocycles. The van der Waals surface area contributed by atoms with Gasteiger partial charge in [-0.2, -0.15) is 4.98 Å².